The molecule has 2 rings (SSSR count). The van der Waals surface area contributed by atoms with Gasteiger partial charge < -0.3 is 10.4 Å². The highest BCUT2D eigenvalue weighted by Gasteiger charge is 2.23. The largest absolute Gasteiger partial charge is 0.465 e. The smallest absolute Gasteiger partial charge is 0.413 e. The van der Waals surface area contributed by atoms with Crippen LogP contribution in [-0.2, 0) is 12.8 Å². The number of anilines is 1. The van der Waals surface area contributed by atoms with Crippen LogP contribution in [0.5, 0.6) is 0 Å². The molecule has 0 unspecified atom stereocenters. The van der Waals surface area contributed by atoms with Crippen molar-refractivity contribution in [3.63, 3.8) is 0 Å². The van der Waals surface area contributed by atoms with Gasteiger partial charge in [-0.05, 0) is 50.3 Å². The highest BCUT2D eigenvalue weighted by Crippen LogP contribution is 2.25. The highest BCUT2D eigenvalue weighted by atomic mass is 19.3. The lowest BCUT2D eigenvalue weighted by atomic mass is 10.0. The molecule has 0 aliphatic carbocycles. The van der Waals surface area contributed by atoms with E-state index in [0.717, 1.165) is 43.4 Å². The Labute approximate surface area is 128 Å². The molecule has 2 N–H and O–H groups in total. The maximum Gasteiger partial charge on any atom is 0.413 e. The quantitative estimate of drug-likeness (QED) is 0.760. The number of fused-ring (bicyclic) bond motifs is 1. The number of unbranched alkanes of at least 4 members (excludes halogenated alkanes) is 1. The summed E-state index contributed by atoms with van der Waals surface area (Å²) in [5.74, 6) is 0.548. The summed E-state index contributed by atoms with van der Waals surface area (Å²) in [5, 5.41) is 11.9. The lowest BCUT2D eigenvalue weighted by Crippen LogP contribution is -2.35. The number of aryl methyl sites for hydroxylation is 2. The van der Waals surface area contributed by atoms with E-state index in [2.05, 4.69) is 10.3 Å². The molecule has 0 saturated heterocycles. The van der Waals surface area contributed by atoms with Crippen LogP contribution in [0.3, 0.4) is 0 Å². The van der Waals surface area contributed by atoms with E-state index < -0.39 is 12.5 Å². The van der Waals surface area contributed by atoms with Crippen molar-refractivity contribution < 1.29 is 18.7 Å². The van der Waals surface area contributed by atoms with E-state index in [9.17, 15) is 18.7 Å². The Kier molecular flexibility index (Phi) is 6.06. The van der Waals surface area contributed by atoms with Crippen LogP contribution in [0.15, 0.2) is 12.1 Å². The number of halogens is 2. The van der Waals surface area contributed by atoms with Gasteiger partial charge in [0.2, 0.25) is 0 Å². The molecule has 0 bridgehead atoms. The fourth-order valence-corrected chi connectivity index (χ4v) is 2.57. The molecule has 0 atom stereocenters. The average Bonchev–Trinajstić information content (AvgIpc) is 2.49. The third kappa shape index (κ3) is 4.62. The van der Waals surface area contributed by atoms with Gasteiger partial charge in [-0.25, -0.2) is 18.6 Å². The molecule has 1 aromatic heterocycles. The average molecular weight is 313 g/mol. The van der Waals surface area contributed by atoms with Crippen molar-refractivity contribution >= 4 is 11.9 Å². The van der Waals surface area contributed by atoms with Crippen molar-refractivity contribution in [3.05, 3.63) is 23.4 Å². The molecular formula is C15H21F2N3O2. The van der Waals surface area contributed by atoms with Crippen molar-refractivity contribution in [2.45, 2.75) is 38.5 Å². The molecule has 1 amide bonds. The fraction of sp³-hybridized carbons (Fsp3) is 0.600. The fourth-order valence-electron chi connectivity index (χ4n) is 2.57. The molecular weight excluding hydrogens is 292 g/mol. The predicted molar refractivity (Wildman–Crippen MR) is 79.7 cm³/mol. The second-order valence-corrected chi connectivity index (χ2v) is 5.38. The molecule has 122 valence electrons. The Hall–Kier alpha value is -1.76. The van der Waals surface area contributed by atoms with Crippen LogP contribution in [0, 0.1) is 0 Å². The summed E-state index contributed by atoms with van der Waals surface area (Å²) in [6.07, 6.45) is 0.714. The molecule has 7 heteroatoms. The van der Waals surface area contributed by atoms with Crippen LogP contribution in [0.1, 0.15) is 30.5 Å². The van der Waals surface area contributed by atoms with Gasteiger partial charge in [-0.15, -0.1) is 0 Å². The van der Waals surface area contributed by atoms with Crippen LogP contribution in [-0.4, -0.2) is 42.2 Å². The number of amides is 1. The van der Waals surface area contributed by atoms with Gasteiger partial charge in [-0.2, -0.15) is 0 Å². The zero-order chi connectivity index (χ0) is 15.9. The first-order valence-corrected chi connectivity index (χ1v) is 7.56. The molecule has 22 heavy (non-hydrogen) atoms. The Bertz CT molecular complexity index is 512. The Morgan fingerprint density at radius 3 is 2.95 bits per heavy atom. The van der Waals surface area contributed by atoms with Crippen LogP contribution in [0.25, 0.3) is 0 Å². The van der Waals surface area contributed by atoms with Gasteiger partial charge in [0.25, 0.3) is 6.43 Å². The predicted octanol–water partition coefficient (Wildman–Crippen LogP) is 2.69. The Morgan fingerprint density at radius 2 is 2.23 bits per heavy atom. The first-order valence-electron chi connectivity index (χ1n) is 7.56. The minimum absolute atomic E-state index is 0.273. The first kappa shape index (κ1) is 16.6. The molecule has 0 aromatic carbocycles. The van der Waals surface area contributed by atoms with E-state index in [1.807, 2.05) is 12.1 Å². The number of alkyl halides is 2. The summed E-state index contributed by atoms with van der Waals surface area (Å²) in [4.78, 5) is 17.0. The van der Waals surface area contributed by atoms with Crippen LogP contribution < -0.4 is 10.2 Å². The van der Waals surface area contributed by atoms with Crippen molar-refractivity contribution in [2.75, 3.05) is 24.5 Å². The van der Waals surface area contributed by atoms with E-state index in [-0.39, 0.29) is 6.54 Å². The van der Waals surface area contributed by atoms with E-state index in [0.29, 0.717) is 18.9 Å². The van der Waals surface area contributed by atoms with E-state index >= 15 is 0 Å². The number of nitrogens with zero attached hydrogens (tertiary/aromatic N) is 2. The number of nitrogens with one attached hydrogen (secondary N) is 1. The standard InChI is InChI=1S/C15H21F2N3O2/c16-13(17)10-18-8-2-1-5-12-7-6-11-4-3-9-20(15(21)22)14(11)19-12/h6-7,13,18H,1-5,8-10H2,(H,21,22). The molecule has 0 spiro atoms. The Morgan fingerprint density at radius 1 is 1.41 bits per heavy atom. The summed E-state index contributed by atoms with van der Waals surface area (Å²) in [7, 11) is 0. The van der Waals surface area contributed by atoms with E-state index in [1.165, 1.54) is 4.90 Å². The third-order valence-electron chi connectivity index (χ3n) is 3.66. The molecule has 1 aliphatic rings. The highest BCUT2D eigenvalue weighted by molar-refractivity contribution is 5.86. The van der Waals surface area contributed by atoms with Gasteiger partial charge in [-0.1, -0.05) is 6.07 Å². The SMILES string of the molecule is O=C(O)N1CCCc2ccc(CCCCNCC(F)F)nc21. The summed E-state index contributed by atoms with van der Waals surface area (Å²) in [6.45, 7) is 0.761. The van der Waals surface area contributed by atoms with Crippen LogP contribution in [0.4, 0.5) is 19.4 Å². The molecule has 0 fully saturated rings. The topological polar surface area (TPSA) is 65.5 Å². The van der Waals surface area contributed by atoms with Crippen molar-refractivity contribution in [1.29, 1.82) is 0 Å². The van der Waals surface area contributed by atoms with Crippen LogP contribution in [0.2, 0.25) is 0 Å². The maximum absolute atomic E-state index is 11.9. The second-order valence-electron chi connectivity index (χ2n) is 5.38. The summed E-state index contributed by atoms with van der Waals surface area (Å²) < 4.78 is 23.9. The van der Waals surface area contributed by atoms with Gasteiger partial charge in [0, 0.05) is 12.2 Å². The lowest BCUT2D eigenvalue weighted by Gasteiger charge is -2.26. The van der Waals surface area contributed by atoms with E-state index in [4.69, 9.17) is 0 Å². The Balaban J connectivity index is 1.85. The van der Waals surface area contributed by atoms with Crippen molar-refractivity contribution in [1.82, 2.24) is 10.3 Å². The zero-order valence-corrected chi connectivity index (χ0v) is 12.4. The second kappa shape index (κ2) is 8.03. The monoisotopic (exact) mass is 313 g/mol. The first-order chi connectivity index (χ1) is 10.6. The molecule has 0 radical (unpaired) electrons. The number of carbonyl (C=O) groups is 1. The number of rotatable bonds is 7. The van der Waals surface area contributed by atoms with Crippen molar-refractivity contribution in [2.24, 2.45) is 0 Å². The minimum atomic E-state index is -2.32. The molecule has 2 heterocycles. The lowest BCUT2D eigenvalue weighted by molar-refractivity contribution is 0.146. The number of carboxylic acid groups (broad SMARTS) is 1. The van der Waals surface area contributed by atoms with Gasteiger partial charge in [0.1, 0.15) is 5.82 Å². The molecule has 1 aliphatic heterocycles. The van der Waals surface area contributed by atoms with Crippen molar-refractivity contribution in [3.8, 4) is 0 Å². The molecule has 0 saturated carbocycles. The van der Waals surface area contributed by atoms with E-state index in [1.54, 1.807) is 0 Å². The van der Waals surface area contributed by atoms with Gasteiger partial charge in [0.15, 0.2) is 0 Å². The normalized spacial score (nSPS) is 14.2. The number of hydrogen-bond donors (Lipinski definition) is 2. The molecule has 1 aromatic rings. The molecule has 5 nitrogen and oxygen atoms in total. The van der Waals surface area contributed by atoms with Crippen LogP contribution >= 0.6 is 0 Å². The number of aromatic nitrogens is 1. The minimum Gasteiger partial charge on any atom is -0.465 e. The number of hydrogen-bond acceptors (Lipinski definition) is 3. The summed E-state index contributed by atoms with van der Waals surface area (Å²) >= 11 is 0. The van der Waals surface area contributed by atoms with Gasteiger partial charge >= 0.3 is 6.09 Å². The maximum atomic E-state index is 11.9. The summed E-state index contributed by atoms with van der Waals surface area (Å²) in [5.41, 5.74) is 1.82. The van der Waals surface area contributed by atoms with Gasteiger partial charge in [0.05, 0.1) is 6.54 Å². The third-order valence-corrected chi connectivity index (χ3v) is 3.66. The zero-order valence-electron chi connectivity index (χ0n) is 12.4. The summed E-state index contributed by atoms with van der Waals surface area (Å²) in [6, 6.07) is 3.87. The number of pyridine rings is 1. The van der Waals surface area contributed by atoms with Gasteiger partial charge in [-0.3, -0.25) is 4.90 Å².